The van der Waals surface area contributed by atoms with Gasteiger partial charge in [0.1, 0.15) is 0 Å². The number of nitrogens with one attached hydrogen (secondary N) is 2. The number of benzene rings is 2. The molecule has 0 aliphatic rings. The fourth-order valence-electron chi connectivity index (χ4n) is 1.45. The van der Waals surface area contributed by atoms with Gasteiger partial charge in [-0.05, 0) is 47.6 Å². The van der Waals surface area contributed by atoms with Gasteiger partial charge in [0, 0.05) is 10.0 Å². The highest BCUT2D eigenvalue weighted by molar-refractivity contribution is 7.80. The largest absolute Gasteiger partial charge is 0.252 e. The molecule has 0 amide bonds. The van der Waals surface area contributed by atoms with Gasteiger partial charge in [0.25, 0.3) is 0 Å². The minimum atomic E-state index is 0.287. The fraction of sp³-hybridized carbons (Fsp3) is 0. The second kappa shape index (κ2) is 8.48. The van der Waals surface area contributed by atoms with Crippen LogP contribution in [0, 0.1) is 0 Å². The average Bonchev–Trinajstić information content (AvgIpc) is 2.51. The highest BCUT2D eigenvalue weighted by Crippen LogP contribution is 2.08. The molecule has 112 valence electrons. The number of hydrazone groups is 2. The summed E-state index contributed by atoms with van der Waals surface area (Å²) in [5.41, 5.74) is 7.14. The molecule has 2 aromatic rings. The molecule has 2 N–H and O–H groups in total. The van der Waals surface area contributed by atoms with Crippen LogP contribution < -0.4 is 10.9 Å². The Bertz CT molecular complexity index is 622. The summed E-state index contributed by atoms with van der Waals surface area (Å²) in [6.45, 7) is 0. The van der Waals surface area contributed by atoms with Gasteiger partial charge in [-0.2, -0.15) is 10.2 Å². The molecule has 2 rings (SSSR count). The van der Waals surface area contributed by atoms with Crippen LogP contribution in [0.2, 0.25) is 10.0 Å². The van der Waals surface area contributed by atoms with E-state index < -0.39 is 0 Å². The number of hydrogen-bond donors (Lipinski definition) is 2. The molecule has 0 unspecified atom stereocenters. The summed E-state index contributed by atoms with van der Waals surface area (Å²) in [5.74, 6) is 0. The molecule has 0 heterocycles. The van der Waals surface area contributed by atoms with Crippen LogP contribution >= 0.6 is 35.4 Å². The lowest BCUT2D eigenvalue weighted by atomic mass is 10.2. The van der Waals surface area contributed by atoms with Crippen LogP contribution in [-0.4, -0.2) is 17.5 Å². The molecular formula is C15H12Cl2N4S. The van der Waals surface area contributed by atoms with Gasteiger partial charge < -0.3 is 0 Å². The lowest BCUT2D eigenvalue weighted by Gasteiger charge is -2.01. The van der Waals surface area contributed by atoms with Crippen LogP contribution in [0.1, 0.15) is 11.1 Å². The zero-order valence-electron chi connectivity index (χ0n) is 11.3. The molecule has 0 radical (unpaired) electrons. The van der Waals surface area contributed by atoms with Gasteiger partial charge in [0.05, 0.1) is 12.4 Å². The minimum absolute atomic E-state index is 0.287. The van der Waals surface area contributed by atoms with Gasteiger partial charge in [-0.25, -0.2) is 0 Å². The van der Waals surface area contributed by atoms with Gasteiger partial charge in [-0.15, -0.1) is 0 Å². The Kier molecular flexibility index (Phi) is 6.33. The Morgan fingerprint density at radius 1 is 0.773 bits per heavy atom. The molecule has 0 aromatic heterocycles. The predicted molar refractivity (Wildman–Crippen MR) is 97.0 cm³/mol. The summed E-state index contributed by atoms with van der Waals surface area (Å²) in [6, 6.07) is 14.5. The van der Waals surface area contributed by atoms with Crippen LogP contribution in [0.5, 0.6) is 0 Å². The Hall–Kier alpha value is -1.95. The molecule has 4 nitrogen and oxygen atoms in total. The lowest BCUT2D eigenvalue weighted by molar-refractivity contribution is 0.935. The van der Waals surface area contributed by atoms with E-state index in [-0.39, 0.29) is 5.11 Å². The number of hydrogen-bond acceptors (Lipinski definition) is 3. The Morgan fingerprint density at radius 2 is 1.14 bits per heavy atom. The topological polar surface area (TPSA) is 48.8 Å². The molecule has 7 heteroatoms. The highest BCUT2D eigenvalue weighted by atomic mass is 35.5. The molecule has 0 aliphatic carbocycles. The van der Waals surface area contributed by atoms with Gasteiger partial charge >= 0.3 is 0 Å². The van der Waals surface area contributed by atoms with Crippen molar-refractivity contribution in [2.24, 2.45) is 10.2 Å². The molecule has 0 saturated heterocycles. The third-order valence-corrected chi connectivity index (χ3v) is 3.19. The van der Waals surface area contributed by atoms with Gasteiger partial charge in [0.2, 0.25) is 5.11 Å². The van der Waals surface area contributed by atoms with Crippen LogP contribution in [0.25, 0.3) is 0 Å². The maximum atomic E-state index is 5.80. The van der Waals surface area contributed by atoms with Crippen molar-refractivity contribution in [1.82, 2.24) is 10.9 Å². The summed E-state index contributed by atoms with van der Waals surface area (Å²) < 4.78 is 0. The first-order chi connectivity index (χ1) is 10.6. The van der Waals surface area contributed by atoms with Crippen molar-refractivity contribution in [2.45, 2.75) is 0 Å². The van der Waals surface area contributed by atoms with E-state index in [1.165, 1.54) is 0 Å². The number of rotatable bonds is 4. The van der Waals surface area contributed by atoms with Crippen LogP contribution in [0.15, 0.2) is 58.7 Å². The predicted octanol–water partition coefficient (Wildman–Crippen LogP) is 3.83. The van der Waals surface area contributed by atoms with Crippen molar-refractivity contribution in [3.63, 3.8) is 0 Å². The normalized spacial score (nSPS) is 11.0. The van der Waals surface area contributed by atoms with Crippen molar-refractivity contribution in [3.05, 3.63) is 69.7 Å². The quantitative estimate of drug-likeness (QED) is 0.500. The molecule has 0 saturated carbocycles. The fourth-order valence-corrected chi connectivity index (χ4v) is 1.81. The van der Waals surface area contributed by atoms with E-state index >= 15 is 0 Å². The van der Waals surface area contributed by atoms with Gasteiger partial charge in [0.15, 0.2) is 0 Å². The van der Waals surface area contributed by atoms with Crippen LogP contribution in [0.4, 0.5) is 0 Å². The SMILES string of the molecule is S=C(N/N=C/c1ccc(Cl)cc1)N/N=C/c1ccc(Cl)cc1. The van der Waals surface area contributed by atoms with Gasteiger partial charge in [-0.3, -0.25) is 10.9 Å². The first kappa shape index (κ1) is 16.4. The summed E-state index contributed by atoms with van der Waals surface area (Å²) in [5, 5.41) is 9.64. The highest BCUT2D eigenvalue weighted by Gasteiger charge is 1.92. The molecule has 2 aromatic carbocycles. The zero-order valence-corrected chi connectivity index (χ0v) is 13.7. The molecule has 22 heavy (non-hydrogen) atoms. The lowest BCUT2D eigenvalue weighted by Crippen LogP contribution is -2.28. The van der Waals surface area contributed by atoms with Crippen molar-refractivity contribution >= 4 is 53.0 Å². The van der Waals surface area contributed by atoms with E-state index in [9.17, 15) is 0 Å². The smallest absolute Gasteiger partial charge is 0.207 e. The van der Waals surface area contributed by atoms with Crippen LogP contribution in [-0.2, 0) is 0 Å². The van der Waals surface area contributed by atoms with Crippen molar-refractivity contribution in [2.75, 3.05) is 0 Å². The van der Waals surface area contributed by atoms with E-state index in [1.54, 1.807) is 36.7 Å². The Balaban J connectivity index is 1.78. The van der Waals surface area contributed by atoms with E-state index in [0.717, 1.165) is 11.1 Å². The Labute approximate surface area is 143 Å². The maximum Gasteiger partial charge on any atom is 0.207 e. The monoisotopic (exact) mass is 350 g/mol. The van der Waals surface area contributed by atoms with Crippen LogP contribution in [0.3, 0.4) is 0 Å². The molecule has 0 aliphatic heterocycles. The summed E-state index contributed by atoms with van der Waals surface area (Å²) in [7, 11) is 0. The summed E-state index contributed by atoms with van der Waals surface area (Å²) >= 11 is 16.6. The molecule has 0 atom stereocenters. The summed E-state index contributed by atoms with van der Waals surface area (Å²) in [4.78, 5) is 0. The molecule has 0 bridgehead atoms. The van der Waals surface area contributed by atoms with E-state index in [0.29, 0.717) is 10.0 Å². The molecule has 0 fully saturated rings. The minimum Gasteiger partial charge on any atom is -0.252 e. The molecular weight excluding hydrogens is 339 g/mol. The second-order valence-electron chi connectivity index (χ2n) is 4.17. The second-order valence-corrected chi connectivity index (χ2v) is 5.45. The number of halogens is 2. The number of thiocarbonyl (C=S) groups is 1. The number of nitrogens with zero attached hydrogens (tertiary/aromatic N) is 2. The standard InChI is InChI=1S/C15H12Cl2N4S/c16-13-5-1-11(2-6-13)9-18-20-15(22)21-19-10-12-3-7-14(17)8-4-12/h1-10H,(H2,20,21,22)/b18-9+,19-10+. The van der Waals surface area contributed by atoms with Crippen molar-refractivity contribution in [3.8, 4) is 0 Å². The first-order valence-corrected chi connectivity index (χ1v) is 7.43. The average molecular weight is 351 g/mol. The molecule has 0 spiro atoms. The van der Waals surface area contributed by atoms with E-state index in [2.05, 4.69) is 21.1 Å². The van der Waals surface area contributed by atoms with Crippen molar-refractivity contribution < 1.29 is 0 Å². The first-order valence-electron chi connectivity index (χ1n) is 6.27. The van der Waals surface area contributed by atoms with E-state index in [4.69, 9.17) is 35.4 Å². The maximum absolute atomic E-state index is 5.80. The third-order valence-electron chi connectivity index (χ3n) is 2.50. The summed E-state index contributed by atoms with van der Waals surface area (Å²) in [6.07, 6.45) is 3.26. The van der Waals surface area contributed by atoms with E-state index in [1.807, 2.05) is 24.3 Å². The third kappa shape index (κ3) is 5.81. The Morgan fingerprint density at radius 3 is 1.50 bits per heavy atom. The van der Waals surface area contributed by atoms with Gasteiger partial charge in [-0.1, -0.05) is 47.5 Å². The zero-order chi connectivity index (χ0) is 15.8. The van der Waals surface area contributed by atoms with Crippen molar-refractivity contribution in [1.29, 1.82) is 0 Å².